The number of nitrogens with two attached hydrogens (primary N) is 1. The maximum absolute atomic E-state index is 11.6. The Morgan fingerprint density at radius 3 is 2.65 bits per heavy atom. The smallest absolute Gasteiger partial charge is 0.218 e. The van der Waals surface area contributed by atoms with Crippen LogP contribution in [0.15, 0.2) is 30.3 Å². The van der Waals surface area contributed by atoms with Gasteiger partial charge in [0.25, 0.3) is 0 Å². The van der Waals surface area contributed by atoms with Gasteiger partial charge < -0.3 is 5.73 Å². The third kappa shape index (κ3) is 3.49. The molecule has 92 valence electrons. The largest absolute Gasteiger partial charge is 0.392 e. The van der Waals surface area contributed by atoms with Crippen molar-refractivity contribution in [3.8, 4) is 0 Å². The van der Waals surface area contributed by atoms with Crippen LogP contribution in [0.1, 0.15) is 17.9 Å². The Balaban J connectivity index is 1.95. The first-order valence-corrected chi connectivity index (χ1v) is 7.37. The molecule has 1 aliphatic carbocycles. The molecule has 2 unspecified atom stereocenters. The molecular weight excluding hydrogens is 256 g/mol. The number of thiocarbonyl (C=S) groups is 1. The highest BCUT2D eigenvalue weighted by Crippen LogP contribution is 2.40. The summed E-state index contributed by atoms with van der Waals surface area (Å²) in [5, 5.41) is 0. The first kappa shape index (κ1) is 12.5. The third-order valence-corrected chi connectivity index (χ3v) is 4.36. The molecule has 0 heterocycles. The average molecular weight is 270 g/mol. The fourth-order valence-corrected chi connectivity index (χ4v) is 3.50. The Bertz CT molecular complexity index is 514. The van der Waals surface area contributed by atoms with E-state index in [0.29, 0.717) is 0 Å². The third-order valence-electron chi connectivity index (χ3n) is 2.68. The van der Waals surface area contributed by atoms with Crippen molar-refractivity contribution >= 4 is 27.2 Å². The maximum Gasteiger partial charge on any atom is 0.218 e. The molecule has 0 radical (unpaired) electrons. The molecule has 2 rings (SSSR count). The molecule has 1 aromatic rings. The second kappa shape index (κ2) is 4.72. The second-order valence-electron chi connectivity index (χ2n) is 4.20. The molecule has 2 atom stereocenters. The normalized spacial score (nSPS) is 23.3. The van der Waals surface area contributed by atoms with Crippen molar-refractivity contribution < 1.29 is 8.42 Å². The first-order chi connectivity index (χ1) is 7.98. The zero-order chi connectivity index (χ0) is 12.5. The molecule has 1 aromatic carbocycles. The Labute approximate surface area is 106 Å². The van der Waals surface area contributed by atoms with E-state index in [0.717, 1.165) is 12.0 Å². The van der Waals surface area contributed by atoms with E-state index in [1.165, 1.54) is 0 Å². The van der Waals surface area contributed by atoms with Gasteiger partial charge in [0.15, 0.2) is 0 Å². The molecule has 0 aromatic heterocycles. The van der Waals surface area contributed by atoms with E-state index in [1.807, 2.05) is 30.3 Å². The van der Waals surface area contributed by atoms with Gasteiger partial charge in [0.1, 0.15) is 5.75 Å². The Hall–Kier alpha value is -0.980. The molecule has 0 bridgehead atoms. The highest BCUT2D eigenvalue weighted by molar-refractivity contribution is 7.92. The number of rotatable bonds is 5. The lowest BCUT2D eigenvalue weighted by Gasteiger charge is -2.05. The van der Waals surface area contributed by atoms with Crippen molar-refractivity contribution in [1.29, 1.82) is 0 Å². The predicted octanol–water partition coefficient (Wildman–Crippen LogP) is 0.748. The minimum absolute atomic E-state index is 0.00517. The lowest BCUT2D eigenvalue weighted by atomic mass is 10.1. The van der Waals surface area contributed by atoms with Gasteiger partial charge in [-0.1, -0.05) is 42.5 Å². The summed E-state index contributed by atoms with van der Waals surface area (Å²) in [6, 6.07) is 9.84. The summed E-state index contributed by atoms with van der Waals surface area (Å²) >= 11 is 4.60. The molecule has 0 spiro atoms. The molecule has 1 aliphatic rings. The summed E-state index contributed by atoms with van der Waals surface area (Å²) in [4.78, 5) is -0.00517. The van der Waals surface area contributed by atoms with Crippen molar-refractivity contribution in [3.05, 3.63) is 35.9 Å². The van der Waals surface area contributed by atoms with E-state index in [1.54, 1.807) is 0 Å². The van der Waals surface area contributed by atoms with Gasteiger partial charge in [0.2, 0.25) is 10.0 Å². The van der Waals surface area contributed by atoms with Crippen LogP contribution < -0.4 is 10.5 Å². The van der Waals surface area contributed by atoms with Crippen LogP contribution in [0.5, 0.6) is 0 Å². The molecule has 1 fully saturated rings. The van der Waals surface area contributed by atoms with Gasteiger partial charge in [0.05, 0.1) is 4.99 Å². The van der Waals surface area contributed by atoms with Crippen molar-refractivity contribution in [2.45, 2.75) is 18.4 Å². The lowest BCUT2D eigenvalue weighted by molar-refractivity contribution is 0.584. The summed E-state index contributed by atoms with van der Waals surface area (Å²) in [6.45, 7) is 0. The predicted molar refractivity (Wildman–Crippen MR) is 71.3 cm³/mol. The average Bonchev–Trinajstić information content (AvgIpc) is 2.95. The SMILES string of the molecule is NC(=S)CS(=O)(=O)NC1CC1c1ccccc1. The molecule has 1 saturated carbocycles. The molecule has 0 aliphatic heterocycles. The van der Waals surface area contributed by atoms with Gasteiger partial charge in [-0.25, -0.2) is 13.1 Å². The molecule has 17 heavy (non-hydrogen) atoms. The highest BCUT2D eigenvalue weighted by atomic mass is 32.2. The van der Waals surface area contributed by atoms with E-state index >= 15 is 0 Å². The summed E-state index contributed by atoms with van der Waals surface area (Å²) < 4.78 is 25.8. The van der Waals surface area contributed by atoms with Gasteiger partial charge in [-0.2, -0.15) is 0 Å². The van der Waals surface area contributed by atoms with Crippen LogP contribution in [-0.4, -0.2) is 25.2 Å². The van der Waals surface area contributed by atoms with Gasteiger partial charge >= 0.3 is 0 Å². The van der Waals surface area contributed by atoms with Crippen LogP contribution in [0, 0.1) is 0 Å². The van der Waals surface area contributed by atoms with Crippen LogP contribution in [0.2, 0.25) is 0 Å². The number of sulfonamides is 1. The minimum Gasteiger partial charge on any atom is -0.392 e. The first-order valence-electron chi connectivity index (χ1n) is 5.31. The van der Waals surface area contributed by atoms with Crippen LogP contribution in [-0.2, 0) is 10.0 Å². The molecule has 6 heteroatoms. The second-order valence-corrected chi connectivity index (χ2v) is 6.48. The summed E-state index contributed by atoms with van der Waals surface area (Å²) in [5.74, 6) is -0.00214. The van der Waals surface area contributed by atoms with E-state index in [2.05, 4.69) is 16.9 Å². The maximum atomic E-state index is 11.6. The van der Waals surface area contributed by atoms with Gasteiger partial charge in [-0.3, -0.25) is 0 Å². The Morgan fingerprint density at radius 1 is 1.41 bits per heavy atom. The fraction of sp³-hybridized carbons (Fsp3) is 0.364. The van der Waals surface area contributed by atoms with E-state index < -0.39 is 10.0 Å². The molecule has 3 N–H and O–H groups in total. The summed E-state index contributed by atoms with van der Waals surface area (Å²) in [6.07, 6.45) is 0.834. The van der Waals surface area contributed by atoms with Crippen molar-refractivity contribution in [2.75, 3.05) is 5.75 Å². The number of benzene rings is 1. The zero-order valence-corrected chi connectivity index (χ0v) is 10.8. The van der Waals surface area contributed by atoms with Crippen molar-refractivity contribution in [1.82, 2.24) is 4.72 Å². The summed E-state index contributed by atoms with van der Waals surface area (Å²) in [7, 11) is -3.37. The zero-order valence-electron chi connectivity index (χ0n) is 9.17. The molecule has 0 saturated heterocycles. The number of hydrogen-bond acceptors (Lipinski definition) is 3. The number of hydrogen-bond donors (Lipinski definition) is 2. The van der Waals surface area contributed by atoms with Gasteiger partial charge in [-0.15, -0.1) is 0 Å². The topological polar surface area (TPSA) is 72.2 Å². The fourth-order valence-electron chi connectivity index (χ4n) is 1.85. The Kier molecular flexibility index (Phi) is 3.46. The van der Waals surface area contributed by atoms with Gasteiger partial charge in [0, 0.05) is 12.0 Å². The van der Waals surface area contributed by atoms with Crippen molar-refractivity contribution in [2.24, 2.45) is 5.73 Å². The number of nitrogens with one attached hydrogen (secondary N) is 1. The van der Waals surface area contributed by atoms with E-state index in [4.69, 9.17) is 5.73 Å². The van der Waals surface area contributed by atoms with Crippen LogP contribution >= 0.6 is 12.2 Å². The van der Waals surface area contributed by atoms with E-state index in [-0.39, 0.29) is 22.7 Å². The Morgan fingerprint density at radius 2 is 2.06 bits per heavy atom. The summed E-state index contributed by atoms with van der Waals surface area (Å²) in [5.41, 5.74) is 6.40. The monoisotopic (exact) mass is 270 g/mol. The highest BCUT2D eigenvalue weighted by Gasteiger charge is 2.40. The standard InChI is InChI=1S/C11H14N2O2S2/c12-11(16)7-17(14,15)13-10-6-9(10)8-4-2-1-3-5-8/h1-5,9-10,13H,6-7H2,(H2,12,16). The van der Waals surface area contributed by atoms with Crippen LogP contribution in [0.25, 0.3) is 0 Å². The quantitative estimate of drug-likeness (QED) is 0.774. The lowest BCUT2D eigenvalue weighted by Crippen LogP contribution is -2.34. The van der Waals surface area contributed by atoms with E-state index in [9.17, 15) is 8.42 Å². The van der Waals surface area contributed by atoms with Crippen molar-refractivity contribution in [3.63, 3.8) is 0 Å². The van der Waals surface area contributed by atoms with Crippen LogP contribution in [0.4, 0.5) is 0 Å². The van der Waals surface area contributed by atoms with Crippen LogP contribution in [0.3, 0.4) is 0 Å². The molecular formula is C11H14N2O2S2. The minimum atomic E-state index is -3.37. The molecule has 4 nitrogen and oxygen atoms in total. The van der Waals surface area contributed by atoms with Gasteiger partial charge in [-0.05, 0) is 12.0 Å². The molecule has 0 amide bonds.